The summed E-state index contributed by atoms with van der Waals surface area (Å²) in [4.78, 5) is 0. The van der Waals surface area contributed by atoms with Gasteiger partial charge in [-0.3, -0.25) is 0 Å². The molecule has 0 radical (unpaired) electrons. The van der Waals surface area contributed by atoms with Gasteiger partial charge < -0.3 is 10.1 Å². The molecule has 3 heteroatoms. The summed E-state index contributed by atoms with van der Waals surface area (Å²) in [5.41, 5.74) is 1.26. The van der Waals surface area contributed by atoms with Crippen molar-refractivity contribution >= 4 is 0 Å². The third-order valence-electron chi connectivity index (χ3n) is 3.83. The minimum Gasteiger partial charge on any atom is -0.496 e. The van der Waals surface area contributed by atoms with E-state index in [0.29, 0.717) is 11.3 Å². The van der Waals surface area contributed by atoms with Crippen LogP contribution in [-0.2, 0) is 0 Å². The van der Waals surface area contributed by atoms with E-state index in [0.717, 1.165) is 17.7 Å². The number of hydrogen-bond donors (Lipinski definition) is 1. The van der Waals surface area contributed by atoms with Crippen LogP contribution in [0.3, 0.4) is 0 Å². The van der Waals surface area contributed by atoms with Crippen molar-refractivity contribution in [2.24, 2.45) is 11.3 Å². The Morgan fingerprint density at radius 1 is 1.47 bits per heavy atom. The first-order valence-electron chi connectivity index (χ1n) is 6.00. The van der Waals surface area contributed by atoms with Gasteiger partial charge in [-0.1, -0.05) is 13.8 Å². The van der Waals surface area contributed by atoms with Gasteiger partial charge in [0.2, 0.25) is 0 Å². The van der Waals surface area contributed by atoms with E-state index < -0.39 is 0 Å². The zero-order valence-electron chi connectivity index (χ0n) is 10.9. The Bertz CT molecular complexity index is 417. The van der Waals surface area contributed by atoms with Crippen molar-refractivity contribution in [3.05, 3.63) is 29.6 Å². The lowest BCUT2D eigenvalue weighted by molar-refractivity contribution is 0.382. The van der Waals surface area contributed by atoms with E-state index in [2.05, 4.69) is 19.2 Å². The van der Waals surface area contributed by atoms with Gasteiger partial charge in [0.1, 0.15) is 11.6 Å². The highest BCUT2D eigenvalue weighted by atomic mass is 19.1. The molecule has 0 spiro atoms. The SMILES string of the molecule is CNC(c1cc(F)ccc1OC)C1CC1(C)C. The van der Waals surface area contributed by atoms with Crippen molar-refractivity contribution in [2.75, 3.05) is 14.2 Å². The Kier molecular flexibility index (Phi) is 3.13. The van der Waals surface area contributed by atoms with E-state index in [1.54, 1.807) is 19.2 Å². The van der Waals surface area contributed by atoms with Crippen molar-refractivity contribution in [1.29, 1.82) is 0 Å². The Balaban J connectivity index is 2.33. The molecule has 94 valence electrons. The van der Waals surface area contributed by atoms with Gasteiger partial charge >= 0.3 is 0 Å². The molecule has 1 aromatic carbocycles. The maximum absolute atomic E-state index is 13.4. The quantitative estimate of drug-likeness (QED) is 0.868. The number of nitrogens with one attached hydrogen (secondary N) is 1. The summed E-state index contributed by atoms with van der Waals surface area (Å²) < 4.78 is 18.7. The van der Waals surface area contributed by atoms with Crippen LogP contribution < -0.4 is 10.1 Å². The molecular formula is C14H20FNO. The summed E-state index contributed by atoms with van der Waals surface area (Å²) in [6.45, 7) is 4.49. The summed E-state index contributed by atoms with van der Waals surface area (Å²) in [5.74, 6) is 1.09. The van der Waals surface area contributed by atoms with Crippen molar-refractivity contribution in [2.45, 2.75) is 26.3 Å². The molecule has 1 N–H and O–H groups in total. The van der Waals surface area contributed by atoms with Crippen LogP contribution in [-0.4, -0.2) is 14.2 Å². The van der Waals surface area contributed by atoms with Gasteiger partial charge in [0.25, 0.3) is 0 Å². The molecule has 2 nitrogen and oxygen atoms in total. The second-order valence-corrected chi connectivity index (χ2v) is 5.45. The molecule has 1 aliphatic rings. The fourth-order valence-electron chi connectivity index (χ4n) is 2.60. The highest BCUT2D eigenvalue weighted by Gasteiger charge is 2.50. The molecule has 17 heavy (non-hydrogen) atoms. The van der Waals surface area contributed by atoms with Crippen LogP contribution in [0.2, 0.25) is 0 Å². The zero-order valence-corrected chi connectivity index (χ0v) is 10.9. The third-order valence-corrected chi connectivity index (χ3v) is 3.83. The van der Waals surface area contributed by atoms with Crippen LogP contribution in [0.1, 0.15) is 31.9 Å². The van der Waals surface area contributed by atoms with Gasteiger partial charge in [-0.25, -0.2) is 4.39 Å². The fourth-order valence-corrected chi connectivity index (χ4v) is 2.60. The predicted molar refractivity (Wildman–Crippen MR) is 66.6 cm³/mol. The van der Waals surface area contributed by atoms with Crippen LogP contribution >= 0.6 is 0 Å². The summed E-state index contributed by atoms with van der Waals surface area (Å²) >= 11 is 0. The normalized spacial score (nSPS) is 23.2. The van der Waals surface area contributed by atoms with Crippen LogP contribution in [0.25, 0.3) is 0 Å². The average molecular weight is 237 g/mol. The van der Waals surface area contributed by atoms with Crippen molar-refractivity contribution < 1.29 is 9.13 Å². The van der Waals surface area contributed by atoms with E-state index >= 15 is 0 Å². The van der Waals surface area contributed by atoms with Crippen LogP contribution in [0.4, 0.5) is 4.39 Å². The molecular weight excluding hydrogens is 217 g/mol. The molecule has 2 rings (SSSR count). The molecule has 2 atom stereocenters. The number of hydrogen-bond acceptors (Lipinski definition) is 2. The third kappa shape index (κ3) is 2.29. The standard InChI is InChI=1S/C14H20FNO/c1-14(2)8-11(14)13(16-3)10-7-9(15)5-6-12(10)17-4/h5-7,11,13,16H,8H2,1-4H3. The Labute approximate surface area is 102 Å². The highest BCUT2D eigenvalue weighted by Crippen LogP contribution is 2.58. The molecule has 0 bridgehead atoms. The first kappa shape index (κ1) is 12.4. The summed E-state index contributed by atoms with van der Waals surface area (Å²) in [7, 11) is 3.55. The predicted octanol–water partition coefficient (Wildman–Crippen LogP) is 3.14. The smallest absolute Gasteiger partial charge is 0.123 e. The van der Waals surface area contributed by atoms with E-state index in [1.165, 1.54) is 6.07 Å². The van der Waals surface area contributed by atoms with E-state index in [1.807, 2.05) is 7.05 Å². The number of methoxy groups -OCH3 is 1. The van der Waals surface area contributed by atoms with E-state index in [9.17, 15) is 4.39 Å². The average Bonchev–Trinajstić information content (AvgIpc) is 2.89. The fraction of sp³-hybridized carbons (Fsp3) is 0.571. The van der Waals surface area contributed by atoms with E-state index in [4.69, 9.17) is 4.74 Å². The molecule has 1 aliphatic carbocycles. The van der Waals surface area contributed by atoms with E-state index in [-0.39, 0.29) is 11.9 Å². The van der Waals surface area contributed by atoms with Crippen LogP contribution in [0, 0.1) is 17.2 Å². The minimum absolute atomic E-state index is 0.163. The van der Waals surface area contributed by atoms with Crippen molar-refractivity contribution in [1.82, 2.24) is 5.32 Å². The Morgan fingerprint density at radius 2 is 2.12 bits per heavy atom. The van der Waals surface area contributed by atoms with Gasteiger partial charge in [-0.05, 0) is 43.0 Å². The molecule has 0 saturated heterocycles. The lowest BCUT2D eigenvalue weighted by Gasteiger charge is -2.21. The first-order chi connectivity index (χ1) is 7.99. The van der Waals surface area contributed by atoms with Gasteiger partial charge in [0.05, 0.1) is 7.11 Å². The topological polar surface area (TPSA) is 21.3 Å². The van der Waals surface area contributed by atoms with Crippen LogP contribution in [0.5, 0.6) is 5.75 Å². The minimum atomic E-state index is -0.209. The van der Waals surface area contributed by atoms with Crippen LogP contribution in [0.15, 0.2) is 18.2 Å². The molecule has 1 saturated carbocycles. The lowest BCUT2D eigenvalue weighted by Crippen LogP contribution is -2.21. The second kappa shape index (κ2) is 4.30. The van der Waals surface area contributed by atoms with Crippen molar-refractivity contribution in [3.8, 4) is 5.75 Å². The Morgan fingerprint density at radius 3 is 2.59 bits per heavy atom. The number of ether oxygens (including phenoxy) is 1. The van der Waals surface area contributed by atoms with Gasteiger partial charge in [0.15, 0.2) is 0 Å². The highest BCUT2D eigenvalue weighted by molar-refractivity contribution is 5.38. The monoisotopic (exact) mass is 237 g/mol. The molecule has 0 aromatic heterocycles. The summed E-state index contributed by atoms with van der Waals surface area (Å²) in [5, 5.41) is 3.29. The largest absolute Gasteiger partial charge is 0.496 e. The lowest BCUT2D eigenvalue weighted by atomic mass is 9.96. The van der Waals surface area contributed by atoms with Crippen molar-refractivity contribution in [3.63, 3.8) is 0 Å². The maximum atomic E-state index is 13.4. The van der Waals surface area contributed by atoms with Gasteiger partial charge in [0, 0.05) is 11.6 Å². The molecule has 1 fully saturated rings. The first-order valence-corrected chi connectivity index (χ1v) is 6.00. The zero-order chi connectivity index (χ0) is 12.6. The van der Waals surface area contributed by atoms with Gasteiger partial charge in [-0.2, -0.15) is 0 Å². The van der Waals surface area contributed by atoms with Gasteiger partial charge in [-0.15, -0.1) is 0 Å². The molecule has 0 amide bonds. The molecule has 2 unspecified atom stereocenters. The maximum Gasteiger partial charge on any atom is 0.123 e. The molecule has 0 heterocycles. The number of halogens is 1. The summed E-state index contributed by atoms with van der Waals surface area (Å²) in [6.07, 6.45) is 1.16. The molecule has 0 aliphatic heterocycles. The Hall–Kier alpha value is -1.09. The number of rotatable bonds is 4. The summed E-state index contributed by atoms with van der Waals surface area (Å²) in [6, 6.07) is 4.88. The molecule has 1 aromatic rings. The second-order valence-electron chi connectivity index (χ2n) is 5.45. The number of benzene rings is 1.